The molecule has 2 aliphatic rings. The van der Waals surface area contributed by atoms with Gasteiger partial charge in [0.2, 0.25) is 0 Å². The zero-order chi connectivity index (χ0) is 25.4. The van der Waals surface area contributed by atoms with Crippen molar-refractivity contribution in [1.82, 2.24) is 4.90 Å². The Hall–Kier alpha value is -3.14. The summed E-state index contributed by atoms with van der Waals surface area (Å²) in [6, 6.07) is 9.06. The fraction of sp³-hybridized carbons (Fsp3) is 0.360. The van der Waals surface area contributed by atoms with E-state index in [2.05, 4.69) is 4.99 Å². The number of hydrogen-bond acceptors (Lipinski definition) is 4. The number of benzene rings is 1. The molecular formula is C25H22F6N2O2. The molecule has 1 aromatic carbocycles. The third kappa shape index (κ3) is 5.42. The van der Waals surface area contributed by atoms with E-state index in [4.69, 9.17) is 4.42 Å². The van der Waals surface area contributed by atoms with Crippen molar-refractivity contribution < 1.29 is 35.6 Å². The maximum absolute atomic E-state index is 13.5. The summed E-state index contributed by atoms with van der Waals surface area (Å²) in [7, 11) is 1.63. The monoisotopic (exact) mass is 496 g/mol. The normalized spacial score (nSPS) is 20.7. The predicted molar refractivity (Wildman–Crippen MR) is 118 cm³/mol. The number of Topliss-reactive ketones (excluding diaryl/α,β-unsaturated/α-hetero) is 1. The molecule has 0 radical (unpaired) electrons. The topological polar surface area (TPSA) is 45.8 Å². The number of carbonyl (C=O) groups excluding carboxylic acids is 1. The second-order valence-electron chi connectivity index (χ2n) is 8.63. The van der Waals surface area contributed by atoms with Gasteiger partial charge in [-0.3, -0.25) is 14.7 Å². The van der Waals surface area contributed by atoms with Crippen LogP contribution in [0, 0.1) is 5.92 Å². The standard InChI is InChI=1S/C25H22F6N2O2/c1-33(13-15-6-2-3-7-16(15)21-10-5-11-35-21)14-20(34)18-12-22(25(29,30)31)32-23-17(18)8-4-9-19(23)24(26,27)28/h2-7,9-11,19,23H,8,12-14H2,1H3. The summed E-state index contributed by atoms with van der Waals surface area (Å²) in [6.07, 6.45) is -6.99. The van der Waals surface area contributed by atoms with Gasteiger partial charge in [-0.2, -0.15) is 26.3 Å². The van der Waals surface area contributed by atoms with Gasteiger partial charge in [-0.05, 0) is 36.7 Å². The second-order valence-corrected chi connectivity index (χ2v) is 8.63. The first-order chi connectivity index (χ1) is 16.4. The van der Waals surface area contributed by atoms with Crippen molar-refractivity contribution in [3.05, 3.63) is 71.5 Å². The lowest BCUT2D eigenvalue weighted by molar-refractivity contribution is -0.164. The van der Waals surface area contributed by atoms with Crippen LogP contribution in [0.25, 0.3) is 11.3 Å². The molecule has 0 saturated carbocycles. The Bertz CT molecular complexity index is 1180. The van der Waals surface area contributed by atoms with Crippen molar-refractivity contribution in [3.63, 3.8) is 0 Å². The summed E-state index contributed by atoms with van der Waals surface area (Å²) >= 11 is 0. The van der Waals surface area contributed by atoms with Gasteiger partial charge in [0, 0.05) is 24.1 Å². The molecule has 2 atom stereocenters. The van der Waals surface area contributed by atoms with E-state index in [1.807, 2.05) is 24.3 Å². The number of alkyl halides is 6. The minimum atomic E-state index is -4.93. The smallest absolute Gasteiger partial charge is 0.429 e. The summed E-state index contributed by atoms with van der Waals surface area (Å²) in [5.74, 6) is -2.22. The number of allylic oxidation sites excluding steroid dienone is 1. The lowest BCUT2D eigenvalue weighted by Gasteiger charge is -2.34. The number of dihydropyridines is 1. The molecule has 2 heterocycles. The molecule has 1 aliphatic carbocycles. The molecule has 2 unspecified atom stereocenters. The van der Waals surface area contributed by atoms with Crippen LogP contribution >= 0.6 is 0 Å². The molecule has 4 rings (SSSR count). The van der Waals surface area contributed by atoms with Gasteiger partial charge in [0.1, 0.15) is 11.5 Å². The summed E-state index contributed by atoms with van der Waals surface area (Å²) in [4.78, 5) is 18.2. The van der Waals surface area contributed by atoms with Gasteiger partial charge in [-0.1, -0.05) is 36.4 Å². The summed E-state index contributed by atoms with van der Waals surface area (Å²) in [5, 5.41) is 0. The fourth-order valence-electron chi connectivity index (χ4n) is 4.50. The molecule has 0 fully saturated rings. The maximum atomic E-state index is 13.5. The highest BCUT2D eigenvalue weighted by Gasteiger charge is 2.50. The van der Waals surface area contributed by atoms with Crippen molar-refractivity contribution in [1.29, 1.82) is 0 Å². The van der Waals surface area contributed by atoms with Gasteiger partial charge in [-0.25, -0.2) is 0 Å². The molecule has 1 aliphatic heterocycles. The highest BCUT2D eigenvalue weighted by molar-refractivity contribution is 6.06. The Labute approximate surface area is 197 Å². The number of ketones is 1. The Morgan fingerprint density at radius 3 is 2.51 bits per heavy atom. The van der Waals surface area contributed by atoms with Crippen LogP contribution < -0.4 is 0 Å². The SMILES string of the molecule is CN(CC(=O)C1=C2CC=CC(C(F)(F)F)C2N=C(C(F)(F)F)C1)Cc1ccccc1-c1ccco1. The summed E-state index contributed by atoms with van der Waals surface area (Å²) in [6.45, 7) is 0.0174. The quantitative estimate of drug-likeness (QED) is 0.356. The lowest BCUT2D eigenvalue weighted by Crippen LogP contribution is -2.41. The summed E-state index contributed by atoms with van der Waals surface area (Å²) < 4.78 is 86.6. The number of aliphatic imine (C=N–C) groups is 1. The average molecular weight is 496 g/mol. The zero-order valence-corrected chi connectivity index (χ0v) is 18.7. The third-order valence-electron chi connectivity index (χ3n) is 6.10. The highest BCUT2D eigenvalue weighted by atomic mass is 19.4. The first-order valence-corrected chi connectivity index (χ1v) is 10.9. The molecule has 4 nitrogen and oxygen atoms in total. The van der Waals surface area contributed by atoms with E-state index in [1.54, 1.807) is 24.1 Å². The summed E-state index contributed by atoms with van der Waals surface area (Å²) in [5.41, 5.74) is 0.0463. The van der Waals surface area contributed by atoms with Crippen LogP contribution in [-0.4, -0.2) is 48.4 Å². The number of likely N-dealkylation sites (N-methyl/N-ethyl adjacent to an activating group) is 1. The van der Waals surface area contributed by atoms with E-state index >= 15 is 0 Å². The van der Waals surface area contributed by atoms with Gasteiger partial charge in [0.05, 0.1) is 24.8 Å². The van der Waals surface area contributed by atoms with Crippen molar-refractivity contribution in [2.75, 3.05) is 13.6 Å². The molecule has 0 N–H and O–H groups in total. The minimum absolute atomic E-state index is 0.0113. The molecule has 35 heavy (non-hydrogen) atoms. The van der Waals surface area contributed by atoms with E-state index in [0.717, 1.165) is 17.2 Å². The van der Waals surface area contributed by atoms with Gasteiger partial charge in [-0.15, -0.1) is 0 Å². The van der Waals surface area contributed by atoms with Crippen LogP contribution in [0.5, 0.6) is 0 Å². The number of halogens is 6. The van der Waals surface area contributed by atoms with Crippen LogP contribution in [0.1, 0.15) is 18.4 Å². The maximum Gasteiger partial charge on any atom is 0.429 e. The van der Waals surface area contributed by atoms with Crippen molar-refractivity contribution in [3.8, 4) is 11.3 Å². The number of fused-ring (bicyclic) bond motifs is 1. The van der Waals surface area contributed by atoms with Gasteiger partial charge in [0.15, 0.2) is 5.78 Å². The van der Waals surface area contributed by atoms with Gasteiger partial charge < -0.3 is 4.42 Å². The van der Waals surface area contributed by atoms with Gasteiger partial charge in [0.25, 0.3) is 0 Å². The lowest BCUT2D eigenvalue weighted by atomic mass is 9.79. The van der Waals surface area contributed by atoms with Crippen LogP contribution in [0.2, 0.25) is 0 Å². The Balaban J connectivity index is 1.59. The first kappa shape index (κ1) is 25.0. The Kier molecular flexibility index (Phi) is 6.77. The molecule has 0 amide bonds. The van der Waals surface area contributed by atoms with E-state index in [-0.39, 0.29) is 30.7 Å². The molecular weight excluding hydrogens is 474 g/mol. The van der Waals surface area contributed by atoms with Crippen LogP contribution in [0.4, 0.5) is 26.3 Å². The molecule has 2 aromatic rings. The van der Waals surface area contributed by atoms with E-state index in [1.165, 1.54) is 12.3 Å². The molecule has 10 heteroatoms. The first-order valence-electron chi connectivity index (χ1n) is 10.9. The van der Waals surface area contributed by atoms with E-state index < -0.39 is 42.2 Å². The van der Waals surface area contributed by atoms with Crippen LogP contribution in [-0.2, 0) is 11.3 Å². The van der Waals surface area contributed by atoms with Crippen LogP contribution in [0.15, 0.2) is 75.4 Å². The number of rotatable bonds is 6. The predicted octanol–water partition coefficient (Wildman–Crippen LogP) is 6.16. The number of nitrogens with zero attached hydrogens (tertiary/aromatic N) is 2. The van der Waals surface area contributed by atoms with Crippen molar-refractivity contribution >= 4 is 11.5 Å². The minimum Gasteiger partial charge on any atom is -0.464 e. The van der Waals surface area contributed by atoms with Crippen LogP contribution in [0.3, 0.4) is 0 Å². The highest BCUT2D eigenvalue weighted by Crippen LogP contribution is 2.43. The molecule has 1 aromatic heterocycles. The van der Waals surface area contributed by atoms with Crippen molar-refractivity contribution in [2.24, 2.45) is 10.9 Å². The Morgan fingerprint density at radius 1 is 1.11 bits per heavy atom. The average Bonchev–Trinajstić information content (AvgIpc) is 3.31. The third-order valence-corrected chi connectivity index (χ3v) is 6.10. The number of hydrogen-bond donors (Lipinski definition) is 0. The Morgan fingerprint density at radius 2 is 1.86 bits per heavy atom. The fourth-order valence-corrected chi connectivity index (χ4v) is 4.50. The molecule has 186 valence electrons. The zero-order valence-electron chi connectivity index (χ0n) is 18.7. The number of furan rings is 1. The molecule has 0 bridgehead atoms. The second kappa shape index (κ2) is 9.49. The largest absolute Gasteiger partial charge is 0.464 e. The van der Waals surface area contributed by atoms with E-state index in [0.29, 0.717) is 5.76 Å². The van der Waals surface area contributed by atoms with Crippen molar-refractivity contribution in [2.45, 2.75) is 37.8 Å². The molecule has 0 spiro atoms. The van der Waals surface area contributed by atoms with E-state index in [9.17, 15) is 31.1 Å². The van der Waals surface area contributed by atoms with Gasteiger partial charge >= 0.3 is 12.4 Å². The molecule has 0 saturated heterocycles. The number of carbonyl (C=O) groups is 1.